The van der Waals surface area contributed by atoms with Gasteiger partial charge in [0.1, 0.15) is 6.04 Å². The normalized spacial score (nSPS) is 11.4. The highest BCUT2D eigenvalue weighted by Gasteiger charge is 2.24. The van der Waals surface area contributed by atoms with E-state index in [0.29, 0.717) is 26.2 Å². The third-order valence-electron chi connectivity index (χ3n) is 4.11. The molecule has 3 aromatic rings. The van der Waals surface area contributed by atoms with E-state index < -0.39 is 11.9 Å². The summed E-state index contributed by atoms with van der Waals surface area (Å²) in [6, 6.07) is 18.8. The minimum Gasteiger partial charge on any atom is -0.423 e. The number of nitrogens with one attached hydrogen (secondary N) is 3. The first kappa shape index (κ1) is 21.8. The highest BCUT2D eigenvalue weighted by molar-refractivity contribution is 6.35. The molecule has 1 amide bonds. The number of carbonyl (C=O) groups excluding carboxylic acids is 1. The quantitative estimate of drug-likeness (QED) is 0.315. The SMILES string of the molecule is N=C(OC(=N)C(NC(=O)c1cc(Cl)cc(Cl)c1)c1ccc(Cl)cc1)c1ccccc1. The van der Waals surface area contributed by atoms with Crippen LogP contribution < -0.4 is 5.32 Å². The number of halogens is 3. The molecule has 0 heterocycles. The molecule has 0 radical (unpaired) electrons. The zero-order valence-electron chi connectivity index (χ0n) is 15.5. The van der Waals surface area contributed by atoms with Crippen LogP contribution in [0.15, 0.2) is 72.8 Å². The van der Waals surface area contributed by atoms with Gasteiger partial charge in [-0.3, -0.25) is 15.6 Å². The van der Waals surface area contributed by atoms with Crippen LogP contribution >= 0.6 is 34.8 Å². The van der Waals surface area contributed by atoms with Gasteiger partial charge in [0.2, 0.25) is 11.8 Å². The van der Waals surface area contributed by atoms with Crippen molar-refractivity contribution in [3.63, 3.8) is 0 Å². The smallest absolute Gasteiger partial charge is 0.252 e. The van der Waals surface area contributed by atoms with Gasteiger partial charge in [0, 0.05) is 26.2 Å². The van der Waals surface area contributed by atoms with Crippen molar-refractivity contribution < 1.29 is 9.53 Å². The Morgan fingerprint density at radius 2 is 1.40 bits per heavy atom. The largest absolute Gasteiger partial charge is 0.423 e. The van der Waals surface area contributed by atoms with E-state index in [4.69, 9.17) is 50.4 Å². The lowest BCUT2D eigenvalue weighted by atomic mass is 10.1. The Bertz CT molecular complexity index is 1070. The lowest BCUT2D eigenvalue weighted by Gasteiger charge is -2.21. The van der Waals surface area contributed by atoms with Gasteiger partial charge >= 0.3 is 0 Å². The molecule has 152 valence electrons. The van der Waals surface area contributed by atoms with Crippen molar-refractivity contribution in [2.45, 2.75) is 6.04 Å². The van der Waals surface area contributed by atoms with Gasteiger partial charge in [-0.25, -0.2) is 0 Å². The molecule has 0 spiro atoms. The number of amides is 1. The number of benzene rings is 3. The van der Waals surface area contributed by atoms with E-state index in [1.165, 1.54) is 18.2 Å². The summed E-state index contributed by atoms with van der Waals surface area (Å²) in [4.78, 5) is 12.8. The molecule has 5 nitrogen and oxygen atoms in total. The van der Waals surface area contributed by atoms with Crippen LogP contribution in [0.3, 0.4) is 0 Å². The zero-order chi connectivity index (χ0) is 21.7. The maximum Gasteiger partial charge on any atom is 0.252 e. The van der Waals surface area contributed by atoms with Crippen molar-refractivity contribution in [3.05, 3.63) is 105 Å². The molecule has 3 rings (SSSR count). The lowest BCUT2D eigenvalue weighted by molar-refractivity contribution is 0.0944. The van der Waals surface area contributed by atoms with Crippen LogP contribution in [0.5, 0.6) is 0 Å². The predicted molar refractivity (Wildman–Crippen MR) is 120 cm³/mol. The Morgan fingerprint density at radius 1 is 0.800 bits per heavy atom. The van der Waals surface area contributed by atoms with Gasteiger partial charge in [0.25, 0.3) is 5.91 Å². The molecule has 0 aliphatic rings. The summed E-state index contributed by atoms with van der Waals surface area (Å²) in [6.45, 7) is 0. The molecule has 3 aromatic carbocycles. The summed E-state index contributed by atoms with van der Waals surface area (Å²) < 4.78 is 5.43. The summed E-state index contributed by atoms with van der Waals surface area (Å²) in [5, 5.41) is 20.4. The molecule has 0 saturated heterocycles. The van der Waals surface area contributed by atoms with Crippen molar-refractivity contribution in [1.82, 2.24) is 5.32 Å². The van der Waals surface area contributed by atoms with E-state index in [2.05, 4.69) is 5.32 Å². The first-order valence-corrected chi connectivity index (χ1v) is 9.89. The average molecular weight is 461 g/mol. The van der Waals surface area contributed by atoms with Gasteiger partial charge in [0.15, 0.2) is 0 Å². The average Bonchev–Trinajstić information content (AvgIpc) is 2.72. The zero-order valence-corrected chi connectivity index (χ0v) is 17.7. The fourth-order valence-corrected chi connectivity index (χ4v) is 3.32. The van der Waals surface area contributed by atoms with Gasteiger partial charge in [0.05, 0.1) is 0 Å². The number of rotatable bonds is 5. The van der Waals surface area contributed by atoms with Crippen LogP contribution in [-0.4, -0.2) is 17.7 Å². The molecular formula is C22H16Cl3N3O2. The first-order chi connectivity index (χ1) is 14.3. The van der Waals surface area contributed by atoms with Crippen LogP contribution in [0.2, 0.25) is 15.1 Å². The standard InChI is InChI=1S/C22H16Cl3N3O2/c23-16-8-6-13(7-9-16)19(21(27)30-20(26)14-4-2-1-3-5-14)28-22(29)15-10-17(24)12-18(25)11-15/h1-12,19,26-27H,(H,28,29). The number of ether oxygens (including phenoxy) is 1. The molecular weight excluding hydrogens is 445 g/mol. The minimum atomic E-state index is -0.961. The van der Waals surface area contributed by atoms with Crippen molar-refractivity contribution in [1.29, 1.82) is 10.8 Å². The van der Waals surface area contributed by atoms with Gasteiger partial charge in [-0.05, 0) is 48.0 Å². The molecule has 30 heavy (non-hydrogen) atoms. The monoisotopic (exact) mass is 459 g/mol. The summed E-state index contributed by atoms with van der Waals surface area (Å²) in [5.74, 6) is -1.04. The fraction of sp³-hybridized carbons (Fsp3) is 0.0455. The minimum absolute atomic E-state index is 0.209. The molecule has 0 aromatic heterocycles. The number of hydrogen-bond donors (Lipinski definition) is 3. The molecule has 0 aliphatic carbocycles. The number of hydrogen-bond acceptors (Lipinski definition) is 4. The molecule has 1 atom stereocenters. The molecule has 0 fully saturated rings. The van der Waals surface area contributed by atoms with Gasteiger partial charge < -0.3 is 10.1 Å². The Hall–Kier alpha value is -2.86. The van der Waals surface area contributed by atoms with Crippen LogP contribution in [-0.2, 0) is 4.74 Å². The highest BCUT2D eigenvalue weighted by Crippen LogP contribution is 2.22. The molecule has 0 aliphatic heterocycles. The topological polar surface area (TPSA) is 86.0 Å². The first-order valence-electron chi connectivity index (χ1n) is 8.76. The Labute approximate surface area is 188 Å². The molecule has 3 N–H and O–H groups in total. The summed E-state index contributed by atoms with van der Waals surface area (Å²) in [5.41, 5.74) is 1.30. The van der Waals surface area contributed by atoms with Crippen LogP contribution in [0.25, 0.3) is 0 Å². The van der Waals surface area contributed by atoms with Crippen molar-refractivity contribution in [2.75, 3.05) is 0 Å². The second kappa shape index (κ2) is 9.76. The van der Waals surface area contributed by atoms with E-state index in [0.717, 1.165) is 0 Å². The lowest BCUT2D eigenvalue weighted by Crippen LogP contribution is -2.35. The fourth-order valence-electron chi connectivity index (χ4n) is 2.67. The number of carbonyl (C=O) groups is 1. The Balaban J connectivity index is 1.86. The van der Waals surface area contributed by atoms with Gasteiger partial charge in [-0.1, -0.05) is 65.1 Å². The molecule has 0 saturated carbocycles. The van der Waals surface area contributed by atoms with E-state index in [9.17, 15) is 4.79 Å². The summed E-state index contributed by atoms with van der Waals surface area (Å²) in [7, 11) is 0. The molecule has 1 unspecified atom stereocenters. The Kier molecular flexibility index (Phi) is 7.11. The van der Waals surface area contributed by atoms with Crippen molar-refractivity contribution in [3.8, 4) is 0 Å². The predicted octanol–water partition coefficient (Wildman–Crippen LogP) is 6.14. The van der Waals surface area contributed by atoms with Crippen molar-refractivity contribution >= 4 is 52.5 Å². The van der Waals surface area contributed by atoms with Crippen LogP contribution in [0, 0.1) is 10.8 Å². The maximum atomic E-state index is 12.8. The van der Waals surface area contributed by atoms with E-state index >= 15 is 0 Å². The summed E-state index contributed by atoms with van der Waals surface area (Å²) in [6.07, 6.45) is 0. The van der Waals surface area contributed by atoms with Gasteiger partial charge in [-0.2, -0.15) is 0 Å². The third-order valence-corrected chi connectivity index (χ3v) is 4.80. The van der Waals surface area contributed by atoms with E-state index in [1.807, 2.05) is 6.07 Å². The second-order valence-corrected chi connectivity index (χ2v) is 7.59. The molecule has 8 heteroatoms. The summed E-state index contributed by atoms with van der Waals surface area (Å²) >= 11 is 17.9. The second-order valence-electron chi connectivity index (χ2n) is 6.28. The van der Waals surface area contributed by atoms with Crippen LogP contribution in [0.1, 0.15) is 27.5 Å². The Morgan fingerprint density at radius 3 is 2.00 bits per heavy atom. The van der Waals surface area contributed by atoms with E-state index in [1.54, 1.807) is 48.5 Å². The third kappa shape index (κ3) is 5.60. The van der Waals surface area contributed by atoms with E-state index in [-0.39, 0.29) is 17.4 Å². The van der Waals surface area contributed by atoms with Gasteiger partial charge in [-0.15, -0.1) is 0 Å². The van der Waals surface area contributed by atoms with Crippen LogP contribution in [0.4, 0.5) is 0 Å². The maximum absolute atomic E-state index is 12.8. The molecule has 0 bridgehead atoms. The van der Waals surface area contributed by atoms with Crippen molar-refractivity contribution in [2.24, 2.45) is 0 Å². The highest BCUT2D eigenvalue weighted by atomic mass is 35.5.